The van der Waals surface area contributed by atoms with Gasteiger partial charge in [0.2, 0.25) is 0 Å². The zero-order chi connectivity index (χ0) is 16.5. The summed E-state index contributed by atoms with van der Waals surface area (Å²) in [6, 6.07) is 15.2. The average molecular weight is 442 g/mol. The Labute approximate surface area is 139 Å². The Bertz CT molecular complexity index is 801. The van der Waals surface area contributed by atoms with Crippen LogP contribution in [0.1, 0.15) is 11.1 Å². The summed E-state index contributed by atoms with van der Waals surface area (Å²) in [5.74, 6) is 0. The van der Waals surface area contributed by atoms with E-state index in [1.807, 2.05) is 0 Å². The van der Waals surface area contributed by atoms with Gasteiger partial charge in [-0.05, 0) is 57.3 Å². The number of hydrogen-bond acceptors (Lipinski definition) is 2. The molecule has 0 saturated carbocycles. The van der Waals surface area contributed by atoms with Crippen molar-refractivity contribution in [2.75, 3.05) is 0 Å². The summed E-state index contributed by atoms with van der Waals surface area (Å²) < 4.78 is 58.9. The normalized spacial score (nSPS) is 13.0. The van der Waals surface area contributed by atoms with E-state index < -0.39 is 15.6 Å². The summed E-state index contributed by atoms with van der Waals surface area (Å²) in [6.45, 7) is 0. The van der Waals surface area contributed by atoms with Crippen molar-refractivity contribution in [2.24, 2.45) is 0 Å². The summed E-state index contributed by atoms with van der Waals surface area (Å²) in [6.07, 6.45) is 1.10. The fourth-order valence-corrected chi connectivity index (χ4v) is 2.81. The largest absolute Gasteiger partial charge is 0.522 e. The maximum atomic E-state index is 10.7. The third kappa shape index (κ3) is 3.61. The van der Waals surface area contributed by atoms with Crippen molar-refractivity contribution in [1.29, 1.82) is 0 Å². The van der Waals surface area contributed by atoms with Crippen LogP contribution in [0.15, 0.2) is 42.5 Å². The lowest BCUT2D eigenvalue weighted by Gasteiger charge is -2.01. The first-order valence-electron chi connectivity index (χ1n) is 6.00. The molecule has 22 heavy (non-hydrogen) atoms. The molecule has 118 valence electrons. The molecule has 1 aliphatic carbocycles. The molecule has 3 nitrogen and oxygen atoms in total. The highest BCUT2D eigenvalue weighted by molar-refractivity contribution is 14.1. The second-order valence-corrected chi connectivity index (χ2v) is 7.10. The number of alkyl halides is 3. The van der Waals surface area contributed by atoms with Crippen LogP contribution in [0.4, 0.5) is 13.2 Å². The van der Waals surface area contributed by atoms with E-state index in [1.165, 1.54) is 25.8 Å². The molecule has 0 fully saturated rings. The summed E-state index contributed by atoms with van der Waals surface area (Å²) in [5.41, 5.74) is 0.266. The summed E-state index contributed by atoms with van der Waals surface area (Å²) >= 11 is 2.42. The van der Waals surface area contributed by atoms with Crippen LogP contribution in [-0.2, 0) is 16.5 Å². The van der Waals surface area contributed by atoms with Crippen molar-refractivity contribution in [3.63, 3.8) is 0 Å². The topological polar surface area (TPSA) is 54.4 Å². The molecule has 0 saturated heterocycles. The Morgan fingerprint density at radius 2 is 1.55 bits per heavy atom. The highest BCUT2D eigenvalue weighted by Crippen LogP contribution is 2.38. The average Bonchev–Trinajstić information content (AvgIpc) is 2.78. The highest BCUT2D eigenvalue weighted by Gasteiger charge is 2.44. The molecule has 0 bridgehead atoms. The summed E-state index contributed by atoms with van der Waals surface area (Å²) in [7, 11) is -5.84. The van der Waals surface area contributed by atoms with Crippen molar-refractivity contribution in [3.8, 4) is 11.1 Å². The van der Waals surface area contributed by atoms with Gasteiger partial charge in [0.25, 0.3) is 0 Å². The Kier molecular flexibility index (Phi) is 4.83. The standard InChI is InChI=1S/C13H9I.CHF3O3S/c14-13-7-3-6-11-10-5-2-1-4-9(10)8-12(11)13;2-1(3,4)8(5,6)7/h1-7H,8H2;(H,5,6,7). The van der Waals surface area contributed by atoms with E-state index in [-0.39, 0.29) is 0 Å². The van der Waals surface area contributed by atoms with Crippen LogP contribution in [0, 0.1) is 3.57 Å². The third-order valence-electron chi connectivity index (χ3n) is 3.09. The zero-order valence-corrected chi connectivity index (χ0v) is 13.9. The molecule has 1 aliphatic rings. The van der Waals surface area contributed by atoms with E-state index in [4.69, 9.17) is 13.0 Å². The molecular weight excluding hydrogens is 432 g/mol. The first-order chi connectivity index (χ1) is 10.1. The van der Waals surface area contributed by atoms with Gasteiger partial charge in [0.05, 0.1) is 0 Å². The van der Waals surface area contributed by atoms with Gasteiger partial charge < -0.3 is 0 Å². The summed E-state index contributed by atoms with van der Waals surface area (Å²) in [4.78, 5) is 0. The molecule has 0 aromatic heterocycles. The molecule has 0 heterocycles. The number of benzene rings is 2. The third-order valence-corrected chi connectivity index (χ3v) is 4.68. The van der Waals surface area contributed by atoms with Crippen molar-refractivity contribution in [3.05, 3.63) is 57.2 Å². The SMILES string of the molecule is Ic1cccc2c1Cc1ccccc1-2.O=S(=O)(O)C(F)(F)F. The van der Waals surface area contributed by atoms with Crippen LogP contribution in [0.2, 0.25) is 0 Å². The van der Waals surface area contributed by atoms with Gasteiger partial charge in [0.15, 0.2) is 0 Å². The second kappa shape index (κ2) is 6.17. The molecule has 0 radical (unpaired) electrons. The Hall–Kier alpha value is -1.13. The number of hydrogen-bond donors (Lipinski definition) is 1. The molecule has 2 aromatic rings. The first kappa shape index (κ1) is 17.2. The molecule has 8 heteroatoms. The molecule has 1 N–H and O–H groups in total. The van der Waals surface area contributed by atoms with Crippen LogP contribution in [0.5, 0.6) is 0 Å². The molecular formula is C14H10F3IO3S. The molecule has 0 amide bonds. The van der Waals surface area contributed by atoms with Gasteiger partial charge >= 0.3 is 15.6 Å². The number of fused-ring (bicyclic) bond motifs is 3. The zero-order valence-electron chi connectivity index (χ0n) is 10.9. The lowest BCUT2D eigenvalue weighted by Crippen LogP contribution is -2.21. The maximum Gasteiger partial charge on any atom is 0.522 e. The van der Waals surface area contributed by atoms with Crippen LogP contribution in [0.3, 0.4) is 0 Å². The van der Waals surface area contributed by atoms with E-state index in [0.29, 0.717) is 0 Å². The van der Waals surface area contributed by atoms with Gasteiger partial charge in [-0.2, -0.15) is 21.6 Å². The van der Waals surface area contributed by atoms with Crippen LogP contribution in [-0.4, -0.2) is 18.5 Å². The van der Waals surface area contributed by atoms with E-state index in [0.717, 1.165) is 6.42 Å². The quantitative estimate of drug-likeness (QED) is 0.322. The fourth-order valence-electron chi connectivity index (χ4n) is 2.12. The molecule has 0 aliphatic heterocycles. The summed E-state index contributed by atoms with van der Waals surface area (Å²) in [5, 5.41) is 0. The number of halogens is 4. The smallest absolute Gasteiger partial charge is 0.279 e. The predicted molar refractivity (Wildman–Crippen MR) is 85.0 cm³/mol. The molecule has 2 aromatic carbocycles. The van der Waals surface area contributed by atoms with Crippen molar-refractivity contribution in [2.45, 2.75) is 11.9 Å². The van der Waals surface area contributed by atoms with Crippen molar-refractivity contribution < 1.29 is 26.1 Å². The van der Waals surface area contributed by atoms with Gasteiger partial charge in [0, 0.05) is 3.57 Å². The Morgan fingerprint density at radius 1 is 1.00 bits per heavy atom. The Balaban J connectivity index is 0.000000192. The second-order valence-electron chi connectivity index (χ2n) is 4.52. The van der Waals surface area contributed by atoms with E-state index in [1.54, 1.807) is 0 Å². The van der Waals surface area contributed by atoms with E-state index in [2.05, 4.69) is 65.1 Å². The lowest BCUT2D eigenvalue weighted by atomic mass is 10.1. The Morgan fingerprint density at radius 3 is 2.14 bits per heavy atom. The minimum absolute atomic E-state index is 1.10. The van der Waals surface area contributed by atoms with E-state index in [9.17, 15) is 13.2 Å². The van der Waals surface area contributed by atoms with Crippen molar-refractivity contribution in [1.82, 2.24) is 0 Å². The van der Waals surface area contributed by atoms with Gasteiger partial charge in [-0.15, -0.1) is 0 Å². The van der Waals surface area contributed by atoms with Gasteiger partial charge in [-0.3, -0.25) is 4.55 Å². The van der Waals surface area contributed by atoms with Gasteiger partial charge in [-0.25, -0.2) is 0 Å². The maximum absolute atomic E-state index is 10.7. The van der Waals surface area contributed by atoms with Crippen LogP contribution >= 0.6 is 22.6 Å². The van der Waals surface area contributed by atoms with Gasteiger partial charge in [-0.1, -0.05) is 36.4 Å². The molecule has 3 rings (SSSR count). The fraction of sp³-hybridized carbons (Fsp3) is 0.143. The minimum Gasteiger partial charge on any atom is -0.279 e. The first-order valence-corrected chi connectivity index (χ1v) is 8.52. The van der Waals surface area contributed by atoms with E-state index >= 15 is 0 Å². The van der Waals surface area contributed by atoms with Crippen molar-refractivity contribution >= 4 is 32.7 Å². The van der Waals surface area contributed by atoms with Crippen LogP contribution < -0.4 is 0 Å². The molecule has 0 atom stereocenters. The predicted octanol–water partition coefficient (Wildman–Crippen LogP) is 4.26. The highest BCUT2D eigenvalue weighted by atomic mass is 127. The number of rotatable bonds is 0. The minimum atomic E-state index is -5.84. The molecule has 0 spiro atoms. The van der Waals surface area contributed by atoms with Crippen LogP contribution in [0.25, 0.3) is 11.1 Å². The van der Waals surface area contributed by atoms with Gasteiger partial charge in [0.1, 0.15) is 0 Å². The lowest BCUT2D eigenvalue weighted by molar-refractivity contribution is -0.0510. The molecule has 0 unspecified atom stereocenters. The monoisotopic (exact) mass is 442 g/mol.